The van der Waals surface area contributed by atoms with Crippen LogP contribution in [0, 0.1) is 0 Å². The van der Waals surface area contributed by atoms with E-state index in [-0.39, 0.29) is 12.5 Å². The topological polar surface area (TPSA) is 69.3 Å². The predicted octanol–water partition coefficient (Wildman–Crippen LogP) is 0.536. The summed E-state index contributed by atoms with van der Waals surface area (Å²) in [5.41, 5.74) is 3.17. The summed E-state index contributed by atoms with van der Waals surface area (Å²) < 4.78 is 0. The van der Waals surface area contributed by atoms with Gasteiger partial charge in [-0.1, -0.05) is 0 Å². The van der Waals surface area contributed by atoms with E-state index in [1.54, 1.807) is 18.1 Å². The van der Waals surface area contributed by atoms with Crippen molar-refractivity contribution in [2.24, 2.45) is 0 Å². The molecule has 104 valence electrons. The molecule has 0 saturated heterocycles. The van der Waals surface area contributed by atoms with Gasteiger partial charge in [0, 0.05) is 30.9 Å². The van der Waals surface area contributed by atoms with Gasteiger partial charge in [0.05, 0.1) is 13.1 Å². The number of aromatic nitrogens is 2. The molecule has 6 heteroatoms. The minimum atomic E-state index is -0.0307. The molecule has 0 radical (unpaired) electrons. The maximum atomic E-state index is 12.1. The summed E-state index contributed by atoms with van der Waals surface area (Å²) in [5, 5.41) is 1.14. The van der Waals surface area contributed by atoms with Crippen LogP contribution in [0.3, 0.4) is 0 Å². The van der Waals surface area contributed by atoms with E-state index < -0.39 is 0 Å². The lowest BCUT2D eigenvalue weighted by Gasteiger charge is -2.28. The number of carbonyl (C=O) groups is 2. The van der Waals surface area contributed by atoms with Gasteiger partial charge in [0.15, 0.2) is 0 Å². The third kappa shape index (κ3) is 2.13. The molecule has 3 rings (SSSR count). The van der Waals surface area contributed by atoms with Gasteiger partial charge in [0.2, 0.25) is 12.3 Å². The van der Waals surface area contributed by atoms with Gasteiger partial charge in [-0.15, -0.1) is 0 Å². The van der Waals surface area contributed by atoms with Gasteiger partial charge >= 0.3 is 0 Å². The van der Waals surface area contributed by atoms with Crippen LogP contribution in [0.5, 0.6) is 0 Å². The first kappa shape index (κ1) is 12.7. The Morgan fingerprint density at radius 1 is 1.60 bits per heavy atom. The van der Waals surface area contributed by atoms with E-state index in [0.717, 1.165) is 23.1 Å². The minimum absolute atomic E-state index is 0.0307. The van der Waals surface area contributed by atoms with Crippen molar-refractivity contribution in [1.29, 1.82) is 0 Å². The number of amides is 2. The summed E-state index contributed by atoms with van der Waals surface area (Å²) in [6.07, 6.45) is 3.24. The Bertz CT molecular complexity index is 664. The highest BCUT2D eigenvalue weighted by Gasteiger charge is 2.24. The highest BCUT2D eigenvalue weighted by atomic mass is 16.2. The van der Waals surface area contributed by atoms with Gasteiger partial charge in [-0.25, -0.2) is 4.98 Å². The average molecular weight is 272 g/mol. The Kier molecular flexibility index (Phi) is 3.14. The standard InChI is InChI=1S/C14H16N4O2/c1-17(9-19)8-13(20)18-6-4-10-11-3-2-5-15-14(11)16-12(10)7-18/h2-3,5,9H,4,6-8H2,1H3,(H,15,16). The fourth-order valence-electron chi connectivity index (χ4n) is 2.63. The molecular weight excluding hydrogens is 256 g/mol. The Labute approximate surface area is 116 Å². The van der Waals surface area contributed by atoms with E-state index in [2.05, 4.69) is 16.0 Å². The Balaban J connectivity index is 1.82. The molecule has 1 aliphatic heterocycles. The van der Waals surface area contributed by atoms with Crippen molar-refractivity contribution in [3.8, 4) is 0 Å². The molecule has 0 atom stereocenters. The van der Waals surface area contributed by atoms with Crippen LogP contribution in [-0.4, -0.2) is 52.2 Å². The third-order valence-corrected chi connectivity index (χ3v) is 3.66. The number of rotatable bonds is 3. The zero-order chi connectivity index (χ0) is 14.1. The quantitative estimate of drug-likeness (QED) is 0.829. The summed E-state index contributed by atoms with van der Waals surface area (Å²) in [4.78, 5) is 33.4. The minimum Gasteiger partial charge on any atom is -0.341 e. The van der Waals surface area contributed by atoms with Crippen LogP contribution in [-0.2, 0) is 22.6 Å². The monoisotopic (exact) mass is 272 g/mol. The molecule has 0 aliphatic carbocycles. The van der Waals surface area contributed by atoms with Crippen LogP contribution in [0.1, 0.15) is 11.3 Å². The second-order valence-corrected chi connectivity index (χ2v) is 5.07. The smallest absolute Gasteiger partial charge is 0.242 e. The molecule has 0 saturated carbocycles. The second kappa shape index (κ2) is 4.96. The van der Waals surface area contributed by atoms with Crippen LogP contribution < -0.4 is 0 Å². The Morgan fingerprint density at radius 3 is 3.25 bits per heavy atom. The predicted molar refractivity (Wildman–Crippen MR) is 73.9 cm³/mol. The Hall–Kier alpha value is -2.37. The first-order chi connectivity index (χ1) is 9.69. The van der Waals surface area contributed by atoms with Gasteiger partial charge in [0.25, 0.3) is 0 Å². The number of carbonyl (C=O) groups excluding carboxylic acids is 2. The number of H-pyrrole nitrogens is 1. The van der Waals surface area contributed by atoms with Gasteiger partial charge in [-0.2, -0.15) is 0 Å². The summed E-state index contributed by atoms with van der Waals surface area (Å²) >= 11 is 0. The molecule has 0 spiro atoms. The lowest BCUT2D eigenvalue weighted by Crippen LogP contribution is -2.41. The highest BCUT2D eigenvalue weighted by molar-refractivity contribution is 5.83. The molecule has 0 fully saturated rings. The van der Waals surface area contributed by atoms with Gasteiger partial charge < -0.3 is 14.8 Å². The van der Waals surface area contributed by atoms with E-state index >= 15 is 0 Å². The van der Waals surface area contributed by atoms with Gasteiger partial charge in [0.1, 0.15) is 5.65 Å². The van der Waals surface area contributed by atoms with Crippen molar-refractivity contribution in [2.45, 2.75) is 13.0 Å². The molecule has 2 amide bonds. The van der Waals surface area contributed by atoms with Crippen molar-refractivity contribution >= 4 is 23.4 Å². The van der Waals surface area contributed by atoms with Crippen LogP contribution >= 0.6 is 0 Å². The molecule has 0 aromatic carbocycles. The Morgan fingerprint density at radius 2 is 2.45 bits per heavy atom. The second-order valence-electron chi connectivity index (χ2n) is 5.07. The van der Waals surface area contributed by atoms with Crippen molar-refractivity contribution in [3.63, 3.8) is 0 Å². The van der Waals surface area contributed by atoms with Gasteiger partial charge in [-0.05, 0) is 24.1 Å². The van der Waals surface area contributed by atoms with E-state index in [0.29, 0.717) is 19.5 Å². The zero-order valence-corrected chi connectivity index (χ0v) is 11.3. The number of nitrogens with one attached hydrogen (secondary N) is 1. The van der Waals surface area contributed by atoms with E-state index in [4.69, 9.17) is 0 Å². The molecule has 2 aromatic rings. The number of nitrogens with zero attached hydrogens (tertiary/aromatic N) is 3. The first-order valence-corrected chi connectivity index (χ1v) is 6.57. The lowest BCUT2D eigenvalue weighted by atomic mass is 10.0. The fourth-order valence-corrected chi connectivity index (χ4v) is 2.63. The zero-order valence-electron chi connectivity index (χ0n) is 11.3. The molecule has 6 nitrogen and oxygen atoms in total. The van der Waals surface area contributed by atoms with Gasteiger partial charge in [-0.3, -0.25) is 9.59 Å². The third-order valence-electron chi connectivity index (χ3n) is 3.66. The summed E-state index contributed by atoms with van der Waals surface area (Å²) in [7, 11) is 1.60. The number of fused-ring (bicyclic) bond motifs is 3. The van der Waals surface area contributed by atoms with Crippen molar-refractivity contribution in [1.82, 2.24) is 19.8 Å². The van der Waals surface area contributed by atoms with Crippen LogP contribution in [0.2, 0.25) is 0 Å². The molecule has 1 aliphatic rings. The van der Waals surface area contributed by atoms with E-state index in [1.807, 2.05) is 6.07 Å². The number of pyridine rings is 1. The molecular formula is C14H16N4O2. The van der Waals surface area contributed by atoms with Crippen LogP contribution in [0.4, 0.5) is 0 Å². The average Bonchev–Trinajstić information content (AvgIpc) is 2.84. The van der Waals surface area contributed by atoms with Crippen molar-refractivity contribution in [2.75, 3.05) is 20.1 Å². The summed E-state index contributed by atoms with van der Waals surface area (Å²) in [5.74, 6) is -0.0307. The maximum absolute atomic E-state index is 12.1. The van der Waals surface area contributed by atoms with Crippen molar-refractivity contribution in [3.05, 3.63) is 29.6 Å². The number of hydrogen-bond acceptors (Lipinski definition) is 3. The molecule has 0 bridgehead atoms. The van der Waals surface area contributed by atoms with Crippen LogP contribution in [0.25, 0.3) is 11.0 Å². The molecule has 3 heterocycles. The maximum Gasteiger partial charge on any atom is 0.242 e. The van der Waals surface area contributed by atoms with Crippen molar-refractivity contribution < 1.29 is 9.59 Å². The van der Waals surface area contributed by atoms with Crippen LogP contribution in [0.15, 0.2) is 18.3 Å². The molecule has 20 heavy (non-hydrogen) atoms. The molecule has 1 N–H and O–H groups in total. The molecule has 2 aromatic heterocycles. The summed E-state index contributed by atoms with van der Waals surface area (Å²) in [6.45, 7) is 1.36. The number of likely N-dealkylation sites (N-methyl/N-ethyl adjacent to an activating group) is 1. The number of hydrogen-bond donors (Lipinski definition) is 1. The van der Waals surface area contributed by atoms with E-state index in [1.165, 1.54) is 10.5 Å². The highest BCUT2D eigenvalue weighted by Crippen LogP contribution is 2.26. The molecule has 0 unspecified atom stereocenters. The normalized spacial score (nSPS) is 14.2. The summed E-state index contributed by atoms with van der Waals surface area (Å²) in [6, 6.07) is 3.97. The lowest BCUT2D eigenvalue weighted by molar-refractivity contribution is -0.135. The number of aromatic amines is 1. The first-order valence-electron chi connectivity index (χ1n) is 6.57. The largest absolute Gasteiger partial charge is 0.341 e. The SMILES string of the molecule is CN(C=O)CC(=O)N1CCc2c([nH]c3ncccc23)C1. The van der Waals surface area contributed by atoms with E-state index in [9.17, 15) is 9.59 Å². The fraction of sp³-hybridized carbons (Fsp3) is 0.357.